The molecule has 1 aromatic carbocycles. The molecule has 1 aliphatic heterocycles. The van der Waals surface area contributed by atoms with Crippen molar-refractivity contribution in [2.45, 2.75) is 13.0 Å². The van der Waals surface area contributed by atoms with Crippen LogP contribution in [0.2, 0.25) is 0 Å². The Bertz CT molecular complexity index is 1150. The van der Waals surface area contributed by atoms with Gasteiger partial charge >= 0.3 is 0 Å². The number of hydrogen-bond donors (Lipinski definition) is 0. The minimum Gasteiger partial charge on any atom is -0.366 e. The van der Waals surface area contributed by atoms with Gasteiger partial charge in [-0.25, -0.2) is 19.3 Å². The SMILES string of the molecule is Cc1cc(C(=O)C2CN(c3nc(-c4ccncn4)cc(=O)n3C)CCO2)ccc1F. The zero-order valence-corrected chi connectivity index (χ0v) is 16.6. The molecule has 1 unspecified atom stereocenters. The molecule has 1 fully saturated rings. The number of carbonyl (C=O) groups excluding carboxylic acids is 1. The van der Waals surface area contributed by atoms with Crippen LogP contribution in [-0.4, -0.2) is 51.1 Å². The van der Waals surface area contributed by atoms with Crippen molar-refractivity contribution in [2.24, 2.45) is 7.05 Å². The molecular weight excluding hydrogens is 389 g/mol. The van der Waals surface area contributed by atoms with Gasteiger partial charge in [-0.3, -0.25) is 14.2 Å². The highest BCUT2D eigenvalue weighted by atomic mass is 19.1. The number of anilines is 1. The van der Waals surface area contributed by atoms with Crippen molar-refractivity contribution < 1.29 is 13.9 Å². The number of carbonyl (C=O) groups is 1. The summed E-state index contributed by atoms with van der Waals surface area (Å²) in [5.41, 5.74) is 1.51. The van der Waals surface area contributed by atoms with E-state index in [0.29, 0.717) is 41.6 Å². The number of Topliss-reactive ketones (excluding diaryl/α,β-unsaturated/α-hetero) is 1. The van der Waals surface area contributed by atoms with Crippen molar-refractivity contribution >= 4 is 11.7 Å². The fraction of sp³-hybridized carbons (Fsp3) is 0.286. The number of hydrogen-bond acceptors (Lipinski definition) is 7. The van der Waals surface area contributed by atoms with Crippen LogP contribution < -0.4 is 10.5 Å². The first kappa shape index (κ1) is 19.8. The number of halogens is 1. The summed E-state index contributed by atoms with van der Waals surface area (Å²) in [6.45, 7) is 2.60. The van der Waals surface area contributed by atoms with E-state index < -0.39 is 6.10 Å². The molecule has 0 bridgehead atoms. The fourth-order valence-corrected chi connectivity index (χ4v) is 3.36. The molecule has 3 heterocycles. The standard InChI is InChI=1S/C21H20FN5O3/c1-13-9-14(3-4-15(13)22)20(29)18-11-27(7-8-30-18)21-25-17(10-19(28)26(21)2)16-5-6-23-12-24-16/h3-6,9-10,12,18H,7-8,11H2,1-2H3. The van der Waals surface area contributed by atoms with Crippen LogP contribution >= 0.6 is 0 Å². The number of nitrogens with zero attached hydrogens (tertiary/aromatic N) is 5. The highest BCUT2D eigenvalue weighted by Gasteiger charge is 2.30. The number of benzene rings is 1. The van der Waals surface area contributed by atoms with Crippen LogP contribution in [0.4, 0.5) is 10.3 Å². The second-order valence-electron chi connectivity index (χ2n) is 7.07. The second-order valence-corrected chi connectivity index (χ2v) is 7.07. The van der Waals surface area contributed by atoms with Gasteiger partial charge in [0.15, 0.2) is 5.78 Å². The molecule has 4 rings (SSSR count). The number of ketones is 1. The predicted octanol–water partition coefficient (Wildman–Crippen LogP) is 1.77. The molecule has 0 saturated carbocycles. The molecule has 0 amide bonds. The van der Waals surface area contributed by atoms with Crippen LogP contribution in [0.15, 0.2) is 47.7 Å². The number of morpholine rings is 1. The molecule has 8 nitrogen and oxygen atoms in total. The van der Waals surface area contributed by atoms with Gasteiger partial charge in [0.2, 0.25) is 5.95 Å². The number of aryl methyl sites for hydroxylation is 1. The van der Waals surface area contributed by atoms with E-state index in [1.165, 1.54) is 35.2 Å². The van der Waals surface area contributed by atoms with Crippen LogP contribution in [0.3, 0.4) is 0 Å². The average Bonchev–Trinajstić information content (AvgIpc) is 2.77. The van der Waals surface area contributed by atoms with Crippen molar-refractivity contribution in [2.75, 3.05) is 24.6 Å². The van der Waals surface area contributed by atoms with Crippen LogP contribution in [-0.2, 0) is 11.8 Å². The van der Waals surface area contributed by atoms with Gasteiger partial charge in [-0.2, -0.15) is 0 Å². The van der Waals surface area contributed by atoms with Crippen molar-refractivity contribution in [3.63, 3.8) is 0 Å². The smallest absolute Gasteiger partial charge is 0.255 e. The van der Waals surface area contributed by atoms with Crippen molar-refractivity contribution in [1.29, 1.82) is 0 Å². The van der Waals surface area contributed by atoms with Crippen LogP contribution in [0, 0.1) is 12.7 Å². The first-order chi connectivity index (χ1) is 14.4. The van der Waals surface area contributed by atoms with E-state index in [2.05, 4.69) is 15.0 Å². The predicted molar refractivity (Wildman–Crippen MR) is 108 cm³/mol. The maximum atomic E-state index is 13.5. The molecule has 0 radical (unpaired) electrons. The topological polar surface area (TPSA) is 90.2 Å². The third kappa shape index (κ3) is 3.84. The first-order valence-electron chi connectivity index (χ1n) is 9.45. The Hall–Kier alpha value is -3.46. The van der Waals surface area contributed by atoms with Gasteiger partial charge < -0.3 is 9.64 Å². The van der Waals surface area contributed by atoms with Crippen LogP contribution in [0.25, 0.3) is 11.4 Å². The normalized spacial score (nSPS) is 16.5. The summed E-state index contributed by atoms with van der Waals surface area (Å²) < 4.78 is 20.7. The summed E-state index contributed by atoms with van der Waals surface area (Å²) in [6, 6.07) is 7.34. The van der Waals surface area contributed by atoms with Crippen molar-refractivity contribution in [3.05, 3.63) is 70.2 Å². The maximum Gasteiger partial charge on any atom is 0.255 e. The van der Waals surface area contributed by atoms with Crippen LogP contribution in [0.1, 0.15) is 15.9 Å². The Kier molecular flexibility index (Phi) is 5.37. The molecule has 1 aliphatic rings. The quantitative estimate of drug-likeness (QED) is 0.607. The summed E-state index contributed by atoms with van der Waals surface area (Å²) in [5, 5.41) is 0. The number of aromatic nitrogens is 4. The van der Waals surface area contributed by atoms with Gasteiger partial charge in [0.1, 0.15) is 18.2 Å². The molecule has 1 atom stereocenters. The maximum absolute atomic E-state index is 13.5. The monoisotopic (exact) mass is 409 g/mol. The molecule has 0 N–H and O–H groups in total. The largest absolute Gasteiger partial charge is 0.366 e. The molecule has 3 aromatic rings. The van der Waals surface area contributed by atoms with Gasteiger partial charge in [-0.05, 0) is 36.8 Å². The Morgan fingerprint density at radius 3 is 2.80 bits per heavy atom. The van der Waals surface area contributed by atoms with E-state index in [4.69, 9.17) is 4.74 Å². The first-order valence-corrected chi connectivity index (χ1v) is 9.45. The van der Waals surface area contributed by atoms with Crippen molar-refractivity contribution in [1.82, 2.24) is 19.5 Å². The van der Waals surface area contributed by atoms with Gasteiger partial charge in [-0.15, -0.1) is 0 Å². The summed E-state index contributed by atoms with van der Waals surface area (Å²) >= 11 is 0. The van der Waals surface area contributed by atoms with E-state index in [-0.39, 0.29) is 23.7 Å². The molecule has 0 aliphatic carbocycles. The minimum absolute atomic E-state index is 0.225. The zero-order chi connectivity index (χ0) is 21.3. The van der Waals surface area contributed by atoms with E-state index in [9.17, 15) is 14.0 Å². The van der Waals surface area contributed by atoms with Crippen molar-refractivity contribution in [3.8, 4) is 11.4 Å². The molecule has 30 heavy (non-hydrogen) atoms. The number of rotatable bonds is 4. The van der Waals surface area contributed by atoms with Gasteiger partial charge in [-0.1, -0.05) is 0 Å². The fourth-order valence-electron chi connectivity index (χ4n) is 3.36. The van der Waals surface area contributed by atoms with E-state index in [1.807, 2.05) is 4.90 Å². The van der Waals surface area contributed by atoms with Gasteiger partial charge in [0.25, 0.3) is 5.56 Å². The zero-order valence-electron chi connectivity index (χ0n) is 16.6. The van der Waals surface area contributed by atoms with Crippen LogP contribution in [0.5, 0.6) is 0 Å². The molecular formula is C21H20FN5O3. The summed E-state index contributed by atoms with van der Waals surface area (Å²) in [7, 11) is 1.63. The summed E-state index contributed by atoms with van der Waals surface area (Å²) in [6.07, 6.45) is 2.22. The molecule has 9 heteroatoms. The Morgan fingerprint density at radius 2 is 2.07 bits per heavy atom. The lowest BCUT2D eigenvalue weighted by atomic mass is 10.0. The summed E-state index contributed by atoms with van der Waals surface area (Å²) in [5.74, 6) is -0.175. The second kappa shape index (κ2) is 8.11. The van der Waals surface area contributed by atoms with Gasteiger partial charge in [0, 0.05) is 31.4 Å². The lowest BCUT2D eigenvalue weighted by Crippen LogP contribution is -2.48. The lowest BCUT2D eigenvalue weighted by Gasteiger charge is -2.33. The Labute approximate surface area is 172 Å². The van der Waals surface area contributed by atoms with Gasteiger partial charge in [0.05, 0.1) is 24.5 Å². The average molecular weight is 409 g/mol. The third-order valence-corrected chi connectivity index (χ3v) is 5.04. The molecule has 154 valence electrons. The summed E-state index contributed by atoms with van der Waals surface area (Å²) in [4.78, 5) is 39.9. The molecule has 0 spiro atoms. The van der Waals surface area contributed by atoms with E-state index in [0.717, 1.165) is 0 Å². The number of ether oxygens (including phenoxy) is 1. The molecule has 1 saturated heterocycles. The Morgan fingerprint density at radius 1 is 1.23 bits per heavy atom. The lowest BCUT2D eigenvalue weighted by molar-refractivity contribution is 0.0336. The van der Waals surface area contributed by atoms with E-state index >= 15 is 0 Å². The minimum atomic E-state index is -0.747. The highest BCUT2D eigenvalue weighted by molar-refractivity contribution is 6.00. The highest BCUT2D eigenvalue weighted by Crippen LogP contribution is 2.20. The van der Waals surface area contributed by atoms with E-state index in [1.54, 1.807) is 26.2 Å². The third-order valence-electron chi connectivity index (χ3n) is 5.04. The Balaban J connectivity index is 1.63. The molecule has 2 aromatic heterocycles.